The fourth-order valence-electron chi connectivity index (χ4n) is 3.35. The van der Waals surface area contributed by atoms with Crippen LogP contribution in [-0.2, 0) is 16.0 Å². The highest BCUT2D eigenvalue weighted by atomic mass is 32.1. The average molecular weight is 387 g/mol. The first-order valence-corrected chi connectivity index (χ1v) is 10.1. The molecule has 0 radical (unpaired) electrons. The SMILES string of the molecule is CC1(C)C[C@H](NC(=O)[C@@H](Cc2ccccc2)NC(=O)c2cccs2)CCO1. The molecule has 0 spiro atoms. The summed E-state index contributed by atoms with van der Waals surface area (Å²) in [5.41, 5.74) is 0.766. The summed E-state index contributed by atoms with van der Waals surface area (Å²) in [5.74, 6) is -0.361. The lowest BCUT2D eigenvalue weighted by Gasteiger charge is -2.36. The number of ether oxygens (including phenoxy) is 1. The van der Waals surface area contributed by atoms with E-state index in [0.717, 1.165) is 18.4 Å². The van der Waals surface area contributed by atoms with Crippen LogP contribution in [0.25, 0.3) is 0 Å². The average Bonchev–Trinajstić information content (AvgIpc) is 3.16. The van der Waals surface area contributed by atoms with E-state index < -0.39 is 6.04 Å². The number of amides is 2. The molecule has 1 fully saturated rings. The van der Waals surface area contributed by atoms with Gasteiger partial charge in [0.05, 0.1) is 10.5 Å². The van der Waals surface area contributed by atoms with Crippen LogP contribution in [0.15, 0.2) is 47.8 Å². The van der Waals surface area contributed by atoms with Crippen molar-refractivity contribution in [1.29, 1.82) is 0 Å². The van der Waals surface area contributed by atoms with E-state index in [-0.39, 0.29) is 23.5 Å². The van der Waals surface area contributed by atoms with Crippen molar-refractivity contribution < 1.29 is 14.3 Å². The predicted octanol–water partition coefficient (Wildman–Crippen LogP) is 3.16. The number of carbonyl (C=O) groups excluding carboxylic acids is 2. The summed E-state index contributed by atoms with van der Waals surface area (Å²) in [7, 11) is 0. The van der Waals surface area contributed by atoms with Gasteiger partial charge in [-0.1, -0.05) is 36.4 Å². The second-order valence-corrected chi connectivity index (χ2v) is 8.45. The van der Waals surface area contributed by atoms with Crippen molar-refractivity contribution >= 4 is 23.2 Å². The molecule has 2 heterocycles. The quantitative estimate of drug-likeness (QED) is 0.801. The topological polar surface area (TPSA) is 67.4 Å². The third kappa shape index (κ3) is 5.65. The van der Waals surface area contributed by atoms with Gasteiger partial charge in [-0.2, -0.15) is 0 Å². The van der Waals surface area contributed by atoms with Gasteiger partial charge >= 0.3 is 0 Å². The number of hydrogen-bond donors (Lipinski definition) is 2. The molecule has 2 atom stereocenters. The molecule has 27 heavy (non-hydrogen) atoms. The summed E-state index contributed by atoms with van der Waals surface area (Å²) < 4.78 is 5.73. The molecule has 1 saturated heterocycles. The van der Waals surface area contributed by atoms with Crippen LogP contribution in [0.2, 0.25) is 0 Å². The van der Waals surface area contributed by atoms with Gasteiger partial charge in [0, 0.05) is 19.1 Å². The Hall–Kier alpha value is -2.18. The molecular weight excluding hydrogens is 360 g/mol. The summed E-state index contributed by atoms with van der Waals surface area (Å²) >= 11 is 1.37. The number of carbonyl (C=O) groups is 2. The molecule has 1 aromatic heterocycles. The zero-order chi connectivity index (χ0) is 19.3. The van der Waals surface area contributed by atoms with Gasteiger partial charge in [-0.15, -0.1) is 11.3 Å². The van der Waals surface area contributed by atoms with Gasteiger partial charge in [0.1, 0.15) is 6.04 Å². The van der Waals surface area contributed by atoms with E-state index in [1.165, 1.54) is 11.3 Å². The Balaban J connectivity index is 1.70. The van der Waals surface area contributed by atoms with Crippen LogP contribution in [0, 0.1) is 0 Å². The molecule has 6 heteroatoms. The monoisotopic (exact) mass is 386 g/mol. The lowest BCUT2D eigenvalue weighted by Crippen LogP contribution is -2.53. The fraction of sp³-hybridized carbons (Fsp3) is 0.429. The van der Waals surface area contributed by atoms with E-state index in [0.29, 0.717) is 17.9 Å². The summed E-state index contributed by atoms with van der Waals surface area (Å²) in [6, 6.07) is 12.8. The highest BCUT2D eigenvalue weighted by Gasteiger charge is 2.31. The number of nitrogens with one attached hydrogen (secondary N) is 2. The van der Waals surface area contributed by atoms with Gasteiger partial charge in [0.25, 0.3) is 5.91 Å². The Morgan fingerprint density at radius 3 is 2.67 bits per heavy atom. The largest absolute Gasteiger partial charge is 0.375 e. The lowest BCUT2D eigenvalue weighted by atomic mass is 9.93. The Morgan fingerprint density at radius 2 is 2.00 bits per heavy atom. The molecule has 5 nitrogen and oxygen atoms in total. The van der Waals surface area contributed by atoms with Crippen LogP contribution >= 0.6 is 11.3 Å². The highest BCUT2D eigenvalue weighted by Crippen LogP contribution is 2.24. The maximum absolute atomic E-state index is 13.0. The first-order chi connectivity index (χ1) is 12.9. The number of rotatable bonds is 6. The Bertz CT molecular complexity index is 759. The molecule has 1 aliphatic heterocycles. The minimum atomic E-state index is -0.618. The molecular formula is C21H26N2O3S. The third-order valence-corrected chi connectivity index (χ3v) is 5.56. The molecule has 0 unspecified atom stereocenters. The van der Waals surface area contributed by atoms with Gasteiger partial charge in [0.2, 0.25) is 5.91 Å². The smallest absolute Gasteiger partial charge is 0.262 e. The van der Waals surface area contributed by atoms with Gasteiger partial charge in [-0.25, -0.2) is 0 Å². The molecule has 0 saturated carbocycles. The summed E-state index contributed by atoms with van der Waals surface area (Å²) in [6.45, 7) is 4.69. The number of thiophene rings is 1. The van der Waals surface area contributed by atoms with Crippen molar-refractivity contribution in [2.45, 2.75) is 50.8 Å². The fourth-order valence-corrected chi connectivity index (χ4v) is 3.98. The van der Waals surface area contributed by atoms with Crippen LogP contribution in [0.1, 0.15) is 41.9 Å². The van der Waals surface area contributed by atoms with Gasteiger partial charge < -0.3 is 15.4 Å². The van der Waals surface area contributed by atoms with E-state index in [4.69, 9.17) is 4.74 Å². The Morgan fingerprint density at radius 1 is 1.22 bits per heavy atom. The van der Waals surface area contributed by atoms with Crippen molar-refractivity contribution in [3.63, 3.8) is 0 Å². The van der Waals surface area contributed by atoms with Crippen molar-refractivity contribution in [2.24, 2.45) is 0 Å². The number of benzene rings is 1. The van der Waals surface area contributed by atoms with E-state index >= 15 is 0 Å². The second-order valence-electron chi connectivity index (χ2n) is 7.50. The van der Waals surface area contributed by atoms with Gasteiger partial charge in [-0.05, 0) is 43.7 Å². The molecule has 1 aromatic carbocycles. The first kappa shape index (κ1) is 19.6. The molecule has 1 aliphatic rings. The maximum atomic E-state index is 13.0. The van der Waals surface area contributed by atoms with Gasteiger partial charge in [-0.3, -0.25) is 9.59 Å². The van der Waals surface area contributed by atoms with Crippen LogP contribution in [0.5, 0.6) is 0 Å². The zero-order valence-electron chi connectivity index (χ0n) is 15.7. The van der Waals surface area contributed by atoms with Crippen molar-refractivity contribution in [3.8, 4) is 0 Å². The molecule has 0 aliphatic carbocycles. The summed E-state index contributed by atoms with van der Waals surface area (Å²) in [4.78, 5) is 26.1. The molecule has 2 aromatic rings. The predicted molar refractivity (Wildman–Crippen MR) is 107 cm³/mol. The maximum Gasteiger partial charge on any atom is 0.262 e. The highest BCUT2D eigenvalue weighted by molar-refractivity contribution is 7.12. The molecule has 2 amide bonds. The first-order valence-electron chi connectivity index (χ1n) is 9.25. The minimum Gasteiger partial charge on any atom is -0.375 e. The van der Waals surface area contributed by atoms with E-state index in [1.54, 1.807) is 6.07 Å². The Labute approximate surface area is 164 Å². The standard InChI is InChI=1S/C21H26N2O3S/c1-21(2)14-16(10-11-26-21)22-19(24)17(13-15-7-4-3-5-8-15)23-20(25)18-9-6-12-27-18/h3-9,12,16-17H,10-11,13-14H2,1-2H3,(H,22,24)(H,23,25)/t16-,17-/m1/s1. The Kier molecular flexibility index (Phi) is 6.29. The van der Waals surface area contributed by atoms with Gasteiger partial charge in [0.15, 0.2) is 0 Å². The normalized spacial score (nSPS) is 19.9. The minimum absolute atomic E-state index is 0.0539. The van der Waals surface area contributed by atoms with Crippen LogP contribution in [0.4, 0.5) is 0 Å². The molecule has 2 N–H and O–H groups in total. The van der Waals surface area contributed by atoms with Crippen LogP contribution in [-0.4, -0.2) is 36.1 Å². The second kappa shape index (κ2) is 8.67. The van der Waals surface area contributed by atoms with E-state index in [9.17, 15) is 9.59 Å². The van der Waals surface area contributed by atoms with Crippen LogP contribution in [0.3, 0.4) is 0 Å². The summed E-state index contributed by atoms with van der Waals surface area (Å²) in [6.07, 6.45) is 2.00. The van der Waals surface area contributed by atoms with Crippen molar-refractivity contribution in [2.75, 3.05) is 6.61 Å². The third-order valence-electron chi connectivity index (χ3n) is 4.69. The molecule has 3 rings (SSSR count). The molecule has 0 bridgehead atoms. The number of hydrogen-bond acceptors (Lipinski definition) is 4. The van der Waals surface area contributed by atoms with E-state index in [2.05, 4.69) is 10.6 Å². The molecule has 144 valence electrons. The van der Waals surface area contributed by atoms with Crippen molar-refractivity contribution in [3.05, 3.63) is 58.3 Å². The summed E-state index contributed by atoms with van der Waals surface area (Å²) in [5, 5.41) is 7.87. The van der Waals surface area contributed by atoms with Crippen molar-refractivity contribution in [1.82, 2.24) is 10.6 Å². The van der Waals surface area contributed by atoms with E-state index in [1.807, 2.05) is 55.6 Å². The zero-order valence-corrected chi connectivity index (χ0v) is 16.6. The van der Waals surface area contributed by atoms with Crippen LogP contribution < -0.4 is 10.6 Å². The lowest BCUT2D eigenvalue weighted by molar-refractivity contribution is -0.126.